The molecule has 7 N–H and O–H groups in total. The maximum Gasteiger partial charge on any atom is 0.196 e. The number of rotatable bonds is 0. The molecule has 36 heavy (non-hydrogen) atoms. The summed E-state index contributed by atoms with van der Waals surface area (Å²) in [5.74, 6) is -4.29. The lowest BCUT2D eigenvalue weighted by Gasteiger charge is -2.63. The molecular formula is C27H43NO8. The molecule has 9 nitrogen and oxygen atoms in total. The highest BCUT2D eigenvalue weighted by atomic mass is 16.7. The van der Waals surface area contributed by atoms with E-state index < -0.39 is 76.1 Å². The average molecular weight is 510 g/mol. The number of hydrogen-bond acceptors (Lipinski definition) is 9. The lowest BCUT2D eigenvalue weighted by Crippen LogP contribution is -2.76. The van der Waals surface area contributed by atoms with E-state index in [1.807, 2.05) is 6.92 Å². The van der Waals surface area contributed by atoms with Crippen LogP contribution < -0.4 is 0 Å². The summed E-state index contributed by atoms with van der Waals surface area (Å²) in [6.45, 7) is 7.40. The Morgan fingerprint density at radius 1 is 0.944 bits per heavy atom. The molecule has 8 unspecified atom stereocenters. The summed E-state index contributed by atoms with van der Waals surface area (Å²) >= 11 is 0. The van der Waals surface area contributed by atoms with Gasteiger partial charge in [-0.2, -0.15) is 0 Å². The van der Waals surface area contributed by atoms with Gasteiger partial charge in [-0.05, 0) is 63.2 Å². The van der Waals surface area contributed by atoms with Gasteiger partial charge in [-0.25, -0.2) is 0 Å². The molecule has 9 heteroatoms. The van der Waals surface area contributed by atoms with Gasteiger partial charge in [0.25, 0.3) is 0 Å². The molecule has 0 aromatic heterocycles. The van der Waals surface area contributed by atoms with Crippen LogP contribution in [0.4, 0.5) is 0 Å². The normalized spacial score (nSPS) is 68.0. The molecule has 0 radical (unpaired) electrons. The number of nitrogens with zero attached hydrogens (tertiary/aromatic N) is 1. The minimum Gasteiger partial charge on any atom is -0.393 e. The van der Waals surface area contributed by atoms with Gasteiger partial charge in [-0.3, -0.25) is 4.90 Å². The van der Waals surface area contributed by atoms with Crippen molar-refractivity contribution in [2.75, 3.05) is 13.1 Å². The summed E-state index contributed by atoms with van der Waals surface area (Å²) < 4.78 is 6.51. The molecule has 4 saturated carbocycles. The van der Waals surface area contributed by atoms with E-state index in [9.17, 15) is 35.7 Å². The van der Waals surface area contributed by atoms with Crippen LogP contribution in [0.1, 0.15) is 59.3 Å². The molecule has 204 valence electrons. The first-order valence-electron chi connectivity index (χ1n) is 14.1. The molecule has 7 rings (SSSR count). The zero-order valence-corrected chi connectivity index (χ0v) is 21.5. The van der Waals surface area contributed by atoms with Gasteiger partial charge in [0.05, 0.1) is 23.4 Å². The smallest absolute Gasteiger partial charge is 0.196 e. The number of aliphatic hydroxyl groups is 7. The molecule has 4 aliphatic carbocycles. The Hall–Kier alpha value is -0.360. The lowest BCUT2D eigenvalue weighted by molar-refractivity contribution is -0.295. The summed E-state index contributed by atoms with van der Waals surface area (Å²) in [6, 6.07) is -0.130. The van der Waals surface area contributed by atoms with Gasteiger partial charge in [0.1, 0.15) is 17.8 Å². The second-order valence-electron chi connectivity index (χ2n) is 14.2. The third-order valence-electron chi connectivity index (χ3n) is 12.8. The van der Waals surface area contributed by atoms with Crippen LogP contribution in [0.2, 0.25) is 0 Å². The number of piperidine rings is 2. The van der Waals surface area contributed by atoms with Crippen molar-refractivity contribution >= 4 is 0 Å². The Balaban J connectivity index is 1.37. The summed E-state index contributed by atoms with van der Waals surface area (Å²) in [4.78, 5) is 2.30. The predicted molar refractivity (Wildman–Crippen MR) is 126 cm³/mol. The Bertz CT molecular complexity index is 964. The van der Waals surface area contributed by atoms with Crippen molar-refractivity contribution in [1.29, 1.82) is 0 Å². The first-order valence-corrected chi connectivity index (χ1v) is 14.1. The Labute approximate surface area is 212 Å². The maximum atomic E-state index is 12.5. The number of ether oxygens (including phenoxy) is 1. The third-order valence-corrected chi connectivity index (χ3v) is 12.8. The molecule has 3 aliphatic heterocycles. The van der Waals surface area contributed by atoms with Crippen LogP contribution in [0.5, 0.6) is 0 Å². The second kappa shape index (κ2) is 7.04. The number of fused-ring (bicyclic) bond motifs is 5. The molecule has 7 fully saturated rings. The van der Waals surface area contributed by atoms with Crippen molar-refractivity contribution in [3.63, 3.8) is 0 Å². The molecule has 1 spiro atoms. The van der Waals surface area contributed by atoms with Crippen LogP contribution in [-0.4, -0.2) is 107 Å². The van der Waals surface area contributed by atoms with Gasteiger partial charge in [-0.15, -0.1) is 0 Å². The topological polar surface area (TPSA) is 154 Å². The number of aliphatic hydroxyl groups excluding tert-OH is 4. The van der Waals surface area contributed by atoms with E-state index in [2.05, 4.69) is 11.8 Å². The third kappa shape index (κ3) is 2.46. The summed E-state index contributed by atoms with van der Waals surface area (Å²) in [6.07, 6.45) is -1.92. The highest BCUT2D eigenvalue weighted by Gasteiger charge is 2.86. The Morgan fingerprint density at radius 3 is 2.39 bits per heavy atom. The van der Waals surface area contributed by atoms with E-state index in [0.717, 1.165) is 19.4 Å². The molecule has 0 amide bonds. The van der Waals surface area contributed by atoms with Gasteiger partial charge in [-0.1, -0.05) is 13.8 Å². The maximum absolute atomic E-state index is 12.5. The standard InChI is InChI=1S/C27H43NO8/c1-12-4-5-17-24(3,33)19-13(11-28(17)10-12)14-9-25-21(26(14,34)22(32)20(19)31)15(29)8-16-23(25,2)7-6-18(30)27(16,35)36-25/h12-22,29-35H,4-11H2,1-3H3/t12-,13?,14?,15?,16?,17-,18-,19?,20?,21?,22-,23-,24?,25+,26-,27-/m0/s1. The van der Waals surface area contributed by atoms with Crippen molar-refractivity contribution in [3.05, 3.63) is 0 Å². The minimum atomic E-state index is -1.85. The van der Waals surface area contributed by atoms with Crippen LogP contribution in [0.15, 0.2) is 0 Å². The van der Waals surface area contributed by atoms with E-state index in [0.29, 0.717) is 31.7 Å². The van der Waals surface area contributed by atoms with Crippen molar-refractivity contribution in [1.82, 2.24) is 4.90 Å². The minimum absolute atomic E-state index is 0.130. The van der Waals surface area contributed by atoms with Crippen molar-refractivity contribution in [2.24, 2.45) is 40.9 Å². The molecule has 0 aromatic rings. The second-order valence-corrected chi connectivity index (χ2v) is 14.2. The highest BCUT2D eigenvalue weighted by Crippen LogP contribution is 2.76. The van der Waals surface area contributed by atoms with Crippen molar-refractivity contribution in [2.45, 2.75) is 112 Å². The predicted octanol–water partition coefficient (Wildman–Crippen LogP) is -0.814. The van der Waals surface area contributed by atoms with E-state index in [4.69, 9.17) is 4.74 Å². The fourth-order valence-electron chi connectivity index (χ4n) is 11.4. The highest BCUT2D eigenvalue weighted by molar-refractivity contribution is 5.33. The zero-order valence-electron chi connectivity index (χ0n) is 21.5. The lowest BCUT2D eigenvalue weighted by atomic mass is 9.49. The monoisotopic (exact) mass is 509 g/mol. The quantitative estimate of drug-likeness (QED) is 0.222. The van der Waals surface area contributed by atoms with Crippen LogP contribution in [0.25, 0.3) is 0 Å². The molecule has 4 bridgehead atoms. The van der Waals surface area contributed by atoms with Crippen molar-refractivity contribution in [3.8, 4) is 0 Å². The summed E-state index contributed by atoms with van der Waals surface area (Å²) in [5.41, 5.74) is -4.88. The van der Waals surface area contributed by atoms with E-state index in [1.165, 1.54) is 0 Å². The summed E-state index contributed by atoms with van der Waals surface area (Å²) in [7, 11) is 0. The van der Waals surface area contributed by atoms with Gasteiger partial charge in [0.2, 0.25) is 0 Å². The molecule has 3 saturated heterocycles. The Kier molecular flexibility index (Phi) is 4.82. The molecule has 0 aromatic carbocycles. The number of hydrogen-bond donors (Lipinski definition) is 7. The van der Waals surface area contributed by atoms with Crippen LogP contribution in [-0.2, 0) is 4.74 Å². The first kappa shape index (κ1) is 24.7. The largest absolute Gasteiger partial charge is 0.393 e. The first-order chi connectivity index (χ1) is 16.7. The van der Waals surface area contributed by atoms with E-state index in [1.54, 1.807) is 6.92 Å². The van der Waals surface area contributed by atoms with E-state index in [-0.39, 0.29) is 18.4 Å². The summed E-state index contributed by atoms with van der Waals surface area (Å²) in [5, 5.41) is 81.4. The molecule has 3 heterocycles. The van der Waals surface area contributed by atoms with Crippen molar-refractivity contribution < 1.29 is 40.5 Å². The van der Waals surface area contributed by atoms with Crippen LogP contribution in [0, 0.1) is 40.9 Å². The van der Waals surface area contributed by atoms with Crippen LogP contribution in [0.3, 0.4) is 0 Å². The van der Waals surface area contributed by atoms with Gasteiger partial charge in [0, 0.05) is 42.3 Å². The fraction of sp³-hybridized carbons (Fsp3) is 1.00. The fourth-order valence-corrected chi connectivity index (χ4v) is 11.4. The van der Waals surface area contributed by atoms with Gasteiger partial charge < -0.3 is 40.5 Å². The average Bonchev–Trinajstić information content (AvgIpc) is 3.08. The van der Waals surface area contributed by atoms with Gasteiger partial charge >= 0.3 is 0 Å². The molecule has 16 atom stereocenters. The zero-order chi connectivity index (χ0) is 25.8. The van der Waals surface area contributed by atoms with Gasteiger partial charge in [0.15, 0.2) is 5.79 Å². The molecular weight excluding hydrogens is 466 g/mol. The molecule has 7 aliphatic rings. The van der Waals surface area contributed by atoms with E-state index >= 15 is 0 Å². The Morgan fingerprint density at radius 2 is 1.67 bits per heavy atom. The SMILES string of the molecule is C[C@H]1CC[C@@H]2N(CC3C(C(O)[C@H](O)[C@]4(O)C3C[C@@]35O[C@@]6(O)C(CC(O)C43)[C@]5(C)CC[C@@H]6O)C2(C)O)C1. The van der Waals surface area contributed by atoms with Crippen LogP contribution >= 0.6 is 0 Å².